The lowest BCUT2D eigenvalue weighted by molar-refractivity contribution is -0.118. The molecule has 0 radical (unpaired) electrons. The van der Waals surface area contributed by atoms with Crippen LogP contribution in [0, 0.1) is 6.92 Å². The highest BCUT2D eigenvalue weighted by molar-refractivity contribution is 6.05. The van der Waals surface area contributed by atoms with Gasteiger partial charge in [0.25, 0.3) is 0 Å². The third-order valence-corrected chi connectivity index (χ3v) is 5.19. The van der Waals surface area contributed by atoms with Crippen molar-refractivity contribution in [2.45, 2.75) is 51.1 Å². The molecule has 2 heterocycles. The molecule has 1 aromatic carbocycles. The van der Waals surface area contributed by atoms with Crippen molar-refractivity contribution in [3.8, 4) is 0 Å². The number of hydrogen-bond donors (Lipinski definition) is 1. The van der Waals surface area contributed by atoms with Gasteiger partial charge in [0, 0.05) is 11.7 Å². The molecule has 2 aliphatic heterocycles. The minimum atomic E-state index is -0.570. The van der Waals surface area contributed by atoms with Gasteiger partial charge < -0.3 is 10.1 Å². The molecule has 4 heteroatoms. The summed E-state index contributed by atoms with van der Waals surface area (Å²) in [5.41, 5.74) is 1.68. The molecule has 24 heavy (non-hydrogen) atoms. The van der Waals surface area contributed by atoms with Crippen LogP contribution in [-0.2, 0) is 4.79 Å². The highest BCUT2D eigenvalue weighted by Crippen LogP contribution is 2.29. The van der Waals surface area contributed by atoms with Gasteiger partial charge in [-0.3, -0.25) is 9.89 Å². The van der Waals surface area contributed by atoms with E-state index in [4.69, 9.17) is 0 Å². The van der Waals surface area contributed by atoms with Gasteiger partial charge in [0.2, 0.25) is 0 Å². The Morgan fingerprint density at radius 1 is 1.33 bits per heavy atom. The molecule has 2 unspecified atom stereocenters. The summed E-state index contributed by atoms with van der Waals surface area (Å²) in [4.78, 5) is 19.0. The van der Waals surface area contributed by atoms with Crippen molar-refractivity contribution in [3.05, 3.63) is 42.0 Å². The van der Waals surface area contributed by atoms with Gasteiger partial charge in [0.1, 0.15) is 17.7 Å². The van der Waals surface area contributed by atoms with Crippen LogP contribution < -0.4 is 5.32 Å². The molecular weight excluding hydrogens is 298 g/mol. The van der Waals surface area contributed by atoms with Crippen molar-refractivity contribution in [2.75, 3.05) is 18.4 Å². The number of likely N-dealkylation sites (tertiary alicyclic amines) is 1. The Morgan fingerprint density at radius 3 is 2.75 bits per heavy atom. The quantitative estimate of drug-likeness (QED) is 0.861. The number of nitrogens with zero attached hydrogens (tertiary/aromatic N) is 2. The van der Waals surface area contributed by atoms with Crippen LogP contribution >= 0.6 is 0 Å². The number of aldehydes is 1. The topological polar surface area (TPSA) is 44.7 Å². The van der Waals surface area contributed by atoms with Gasteiger partial charge in [-0.1, -0.05) is 37.1 Å². The highest BCUT2D eigenvalue weighted by Gasteiger charge is 2.40. The zero-order valence-corrected chi connectivity index (χ0v) is 14.7. The maximum absolute atomic E-state index is 12.0. The van der Waals surface area contributed by atoms with Crippen LogP contribution in [0.25, 0.3) is 0 Å². The first-order valence-corrected chi connectivity index (χ1v) is 8.97. The maximum Gasteiger partial charge on any atom is 0.146 e. The Morgan fingerprint density at radius 2 is 2.12 bits per heavy atom. The fraction of sp³-hybridized carbons (Fsp3) is 0.500. The lowest BCUT2D eigenvalue weighted by Crippen LogP contribution is -2.58. The van der Waals surface area contributed by atoms with Gasteiger partial charge in [-0.2, -0.15) is 0 Å². The molecule has 2 atom stereocenters. The second-order valence-electron chi connectivity index (χ2n) is 6.89. The van der Waals surface area contributed by atoms with Crippen LogP contribution in [0.4, 0.5) is 5.69 Å². The molecule has 2 aliphatic rings. The Kier molecular flexibility index (Phi) is 5.14. The van der Waals surface area contributed by atoms with Crippen molar-refractivity contribution in [2.24, 2.45) is 4.99 Å². The number of dihydropyridines is 1. The largest absolute Gasteiger partial charge is 0.341 e. The summed E-state index contributed by atoms with van der Waals surface area (Å²) < 4.78 is 0. The fourth-order valence-corrected chi connectivity index (χ4v) is 3.71. The number of aryl methyl sites for hydroxylation is 1. The minimum absolute atomic E-state index is 0.482. The molecule has 3 rings (SSSR count). The van der Waals surface area contributed by atoms with Crippen molar-refractivity contribution in [1.29, 1.82) is 0 Å². The molecule has 128 valence electrons. The van der Waals surface area contributed by atoms with E-state index in [0.717, 1.165) is 37.2 Å². The summed E-state index contributed by atoms with van der Waals surface area (Å²) >= 11 is 0. The zero-order chi connectivity index (χ0) is 17.0. The van der Waals surface area contributed by atoms with Crippen molar-refractivity contribution in [3.63, 3.8) is 0 Å². The number of aliphatic imine (C=N–C) groups is 1. The number of carbonyl (C=O) groups is 1. The van der Waals surface area contributed by atoms with Crippen molar-refractivity contribution >= 4 is 17.8 Å². The minimum Gasteiger partial charge on any atom is -0.341 e. The number of anilines is 1. The second-order valence-corrected chi connectivity index (χ2v) is 6.89. The third kappa shape index (κ3) is 3.44. The lowest BCUT2D eigenvalue weighted by Gasteiger charge is -2.45. The van der Waals surface area contributed by atoms with E-state index in [2.05, 4.69) is 41.2 Å². The van der Waals surface area contributed by atoms with Gasteiger partial charge in [-0.15, -0.1) is 0 Å². The van der Waals surface area contributed by atoms with Crippen LogP contribution in [-0.4, -0.2) is 41.7 Å². The van der Waals surface area contributed by atoms with Crippen LogP contribution in [0.5, 0.6) is 0 Å². The van der Waals surface area contributed by atoms with Crippen LogP contribution in [0.3, 0.4) is 0 Å². The Labute approximate surface area is 144 Å². The number of rotatable bonds is 4. The molecule has 0 aliphatic carbocycles. The van der Waals surface area contributed by atoms with E-state index in [1.165, 1.54) is 18.4 Å². The number of piperidine rings is 1. The van der Waals surface area contributed by atoms with Crippen molar-refractivity contribution < 1.29 is 4.79 Å². The summed E-state index contributed by atoms with van der Waals surface area (Å²) in [5, 5.41) is 3.33. The molecule has 1 fully saturated rings. The molecular formula is C20H27N3O. The Hall–Kier alpha value is -1.94. The monoisotopic (exact) mass is 325 g/mol. The zero-order valence-electron chi connectivity index (χ0n) is 14.7. The summed E-state index contributed by atoms with van der Waals surface area (Å²) in [6.07, 6.45) is 9.77. The van der Waals surface area contributed by atoms with E-state index >= 15 is 0 Å². The first-order chi connectivity index (χ1) is 11.7. The molecule has 0 amide bonds. The Bertz CT molecular complexity index is 635. The van der Waals surface area contributed by atoms with E-state index in [0.29, 0.717) is 12.6 Å². The van der Waals surface area contributed by atoms with E-state index < -0.39 is 5.54 Å². The molecule has 0 bridgehead atoms. The number of nitrogens with one attached hydrogen (secondary N) is 1. The van der Waals surface area contributed by atoms with E-state index in [1.54, 1.807) is 0 Å². The van der Waals surface area contributed by atoms with Crippen LogP contribution in [0.15, 0.2) is 41.4 Å². The predicted molar refractivity (Wildman–Crippen MR) is 99.7 cm³/mol. The first kappa shape index (κ1) is 16.9. The van der Waals surface area contributed by atoms with Crippen molar-refractivity contribution in [1.82, 2.24) is 4.90 Å². The van der Waals surface area contributed by atoms with E-state index in [1.807, 2.05) is 24.3 Å². The van der Waals surface area contributed by atoms with Gasteiger partial charge in [-0.05, 0) is 50.9 Å². The Balaban J connectivity index is 1.73. The standard InChI is InChI=1S/C20H27N3O/c1-3-18-6-4-5-13-23(18)20(15-24)12-11-19(21-14-20)22-17-9-7-16(2)8-10-17/h7-12,15,18H,3-6,13-14H2,1-2H3,(H,21,22). The van der Waals surface area contributed by atoms with E-state index in [-0.39, 0.29) is 0 Å². The van der Waals surface area contributed by atoms with Gasteiger partial charge in [0.15, 0.2) is 0 Å². The van der Waals surface area contributed by atoms with Gasteiger partial charge >= 0.3 is 0 Å². The number of amidine groups is 1. The third-order valence-electron chi connectivity index (χ3n) is 5.19. The highest BCUT2D eigenvalue weighted by atomic mass is 16.1. The molecule has 4 nitrogen and oxygen atoms in total. The van der Waals surface area contributed by atoms with Crippen LogP contribution in [0.2, 0.25) is 0 Å². The number of carbonyl (C=O) groups excluding carboxylic acids is 1. The average Bonchev–Trinajstić information content (AvgIpc) is 2.64. The summed E-state index contributed by atoms with van der Waals surface area (Å²) in [7, 11) is 0. The van der Waals surface area contributed by atoms with Gasteiger partial charge in [-0.25, -0.2) is 0 Å². The first-order valence-electron chi connectivity index (χ1n) is 8.97. The number of hydrogen-bond acceptors (Lipinski definition) is 4. The molecule has 1 N–H and O–H groups in total. The van der Waals surface area contributed by atoms with E-state index in [9.17, 15) is 4.79 Å². The maximum atomic E-state index is 12.0. The fourth-order valence-electron chi connectivity index (χ4n) is 3.71. The normalized spacial score (nSPS) is 27.6. The van der Waals surface area contributed by atoms with Crippen LogP contribution in [0.1, 0.15) is 38.2 Å². The molecule has 1 saturated heterocycles. The summed E-state index contributed by atoms with van der Waals surface area (Å²) in [6.45, 7) is 5.76. The molecule has 1 aromatic rings. The summed E-state index contributed by atoms with van der Waals surface area (Å²) in [6, 6.07) is 8.72. The van der Waals surface area contributed by atoms with Gasteiger partial charge in [0.05, 0.1) is 6.54 Å². The molecule has 0 spiro atoms. The molecule has 0 aromatic heterocycles. The summed E-state index contributed by atoms with van der Waals surface area (Å²) in [5.74, 6) is 0.821. The average molecular weight is 325 g/mol. The predicted octanol–water partition coefficient (Wildman–Crippen LogP) is 3.58. The number of benzene rings is 1. The SMILES string of the molecule is CCC1CCCCN1C1(C=O)C=CC(Nc2ccc(C)cc2)=NC1. The lowest BCUT2D eigenvalue weighted by atomic mass is 9.89. The molecule has 0 saturated carbocycles. The second kappa shape index (κ2) is 7.31. The smallest absolute Gasteiger partial charge is 0.146 e.